The van der Waals surface area contributed by atoms with E-state index >= 15 is 0 Å². The van der Waals surface area contributed by atoms with Crippen LogP contribution in [0, 0.1) is 0 Å². The molecule has 0 aliphatic carbocycles. The Bertz CT molecular complexity index is 986. The van der Waals surface area contributed by atoms with Crippen molar-refractivity contribution in [3.63, 3.8) is 0 Å². The van der Waals surface area contributed by atoms with Crippen LogP contribution in [0.4, 0.5) is 0 Å². The van der Waals surface area contributed by atoms with Crippen molar-refractivity contribution in [1.29, 1.82) is 0 Å². The molecule has 1 aromatic carbocycles. The van der Waals surface area contributed by atoms with Crippen molar-refractivity contribution in [3.8, 4) is 11.4 Å². The average molecular weight is 560 g/mol. The van der Waals surface area contributed by atoms with Crippen molar-refractivity contribution in [2.24, 2.45) is 12.0 Å². The minimum absolute atomic E-state index is 0. The van der Waals surface area contributed by atoms with Crippen LogP contribution in [0.2, 0.25) is 5.02 Å². The zero-order chi connectivity index (χ0) is 21.6. The molecule has 168 valence electrons. The van der Waals surface area contributed by atoms with Gasteiger partial charge in [0.15, 0.2) is 5.96 Å². The smallest absolute Gasteiger partial charge is 0.228 e. The second kappa shape index (κ2) is 11.4. The molecule has 0 saturated carbocycles. The molecule has 0 aliphatic heterocycles. The van der Waals surface area contributed by atoms with Crippen LogP contribution in [0.3, 0.4) is 0 Å². The van der Waals surface area contributed by atoms with E-state index in [0.29, 0.717) is 47.8 Å². The Balaban J connectivity index is 0.00000341. The molecule has 9 nitrogen and oxygen atoms in total. The lowest BCUT2D eigenvalue weighted by molar-refractivity contribution is 0.0672. The monoisotopic (exact) mass is 559 g/mol. The van der Waals surface area contributed by atoms with Gasteiger partial charge in [-0.05, 0) is 38.1 Å². The largest absolute Gasteiger partial charge is 0.383 e. The molecule has 0 spiro atoms. The van der Waals surface area contributed by atoms with E-state index in [9.17, 15) is 5.11 Å². The quantitative estimate of drug-likeness (QED) is 0.221. The third kappa shape index (κ3) is 7.18. The fourth-order valence-corrected chi connectivity index (χ4v) is 2.85. The van der Waals surface area contributed by atoms with Gasteiger partial charge in [-0.1, -0.05) is 16.8 Å². The lowest BCUT2D eigenvalue weighted by Gasteiger charge is -2.20. The molecule has 0 fully saturated rings. The lowest BCUT2D eigenvalue weighted by atomic mass is 10.0. The van der Waals surface area contributed by atoms with Crippen LogP contribution in [0.1, 0.15) is 25.3 Å². The van der Waals surface area contributed by atoms with Crippen LogP contribution in [-0.2, 0) is 19.1 Å². The van der Waals surface area contributed by atoms with Gasteiger partial charge in [0, 0.05) is 48.9 Å². The highest BCUT2D eigenvalue weighted by atomic mass is 127. The van der Waals surface area contributed by atoms with Crippen molar-refractivity contribution in [2.45, 2.75) is 25.9 Å². The van der Waals surface area contributed by atoms with Gasteiger partial charge in [-0.15, -0.1) is 24.0 Å². The number of rotatable bonds is 8. The fraction of sp³-hybridized carbons (Fsp3) is 0.400. The number of hydrogen-bond acceptors (Lipinski definition) is 6. The minimum atomic E-state index is -1.11. The van der Waals surface area contributed by atoms with Gasteiger partial charge >= 0.3 is 0 Å². The Labute approximate surface area is 203 Å². The maximum atomic E-state index is 10.7. The fourth-order valence-electron chi connectivity index (χ4n) is 2.73. The molecular formula is C20H27ClIN7O2. The molecular weight excluding hydrogens is 533 g/mol. The highest BCUT2D eigenvalue weighted by molar-refractivity contribution is 14.0. The van der Waals surface area contributed by atoms with Gasteiger partial charge in [0.1, 0.15) is 5.60 Å². The van der Waals surface area contributed by atoms with E-state index in [0.717, 1.165) is 5.56 Å². The predicted molar refractivity (Wildman–Crippen MR) is 131 cm³/mol. The first kappa shape index (κ1) is 25.1. The second-order valence-electron chi connectivity index (χ2n) is 7.07. The summed E-state index contributed by atoms with van der Waals surface area (Å²) in [5.74, 6) is 1.64. The van der Waals surface area contributed by atoms with E-state index < -0.39 is 5.60 Å². The molecule has 0 radical (unpaired) electrons. The van der Waals surface area contributed by atoms with Crippen molar-refractivity contribution >= 4 is 41.5 Å². The van der Waals surface area contributed by atoms with Crippen molar-refractivity contribution in [3.05, 3.63) is 53.1 Å². The van der Waals surface area contributed by atoms with Crippen molar-refractivity contribution in [2.75, 3.05) is 19.6 Å². The first-order valence-electron chi connectivity index (χ1n) is 9.69. The molecule has 0 bridgehead atoms. The summed E-state index contributed by atoms with van der Waals surface area (Å²) in [5.41, 5.74) is 0.441. The predicted octanol–water partition coefficient (Wildman–Crippen LogP) is 2.75. The number of nitrogens with one attached hydrogen (secondary N) is 2. The van der Waals surface area contributed by atoms with E-state index in [1.54, 1.807) is 36.1 Å². The molecule has 1 unspecified atom stereocenters. The molecule has 2 aromatic heterocycles. The van der Waals surface area contributed by atoms with Gasteiger partial charge in [0.05, 0.1) is 12.7 Å². The maximum Gasteiger partial charge on any atom is 0.228 e. The summed E-state index contributed by atoms with van der Waals surface area (Å²) in [7, 11) is 1.81. The Kier molecular flexibility index (Phi) is 9.26. The number of aryl methyl sites for hydroxylation is 1. The van der Waals surface area contributed by atoms with Crippen molar-refractivity contribution < 1.29 is 9.63 Å². The molecule has 3 N–H and O–H groups in total. The Morgan fingerprint density at radius 1 is 1.29 bits per heavy atom. The van der Waals surface area contributed by atoms with E-state index in [-0.39, 0.29) is 30.5 Å². The SMILES string of the molecule is CCNC(=NCC(C)(O)c1cnn(C)c1)NCCc1nc(-c2ccc(Cl)cc2)no1.I. The van der Waals surface area contributed by atoms with Crippen LogP contribution < -0.4 is 10.6 Å². The molecule has 3 rings (SSSR count). The van der Waals surface area contributed by atoms with Crippen LogP contribution in [0.25, 0.3) is 11.4 Å². The summed E-state index contributed by atoms with van der Waals surface area (Å²) >= 11 is 5.91. The third-order valence-electron chi connectivity index (χ3n) is 4.42. The van der Waals surface area contributed by atoms with Gasteiger partial charge in [-0.2, -0.15) is 10.1 Å². The van der Waals surface area contributed by atoms with Crippen LogP contribution in [0.15, 0.2) is 46.2 Å². The zero-order valence-electron chi connectivity index (χ0n) is 17.7. The maximum absolute atomic E-state index is 10.7. The van der Waals surface area contributed by atoms with E-state index in [4.69, 9.17) is 16.1 Å². The molecule has 1 atom stereocenters. The third-order valence-corrected chi connectivity index (χ3v) is 4.67. The van der Waals surface area contributed by atoms with Crippen molar-refractivity contribution in [1.82, 2.24) is 30.6 Å². The number of benzene rings is 1. The Morgan fingerprint density at radius 3 is 2.68 bits per heavy atom. The molecule has 0 amide bonds. The van der Waals surface area contributed by atoms with Gasteiger partial charge in [-0.25, -0.2) is 4.99 Å². The molecule has 31 heavy (non-hydrogen) atoms. The topological polar surface area (TPSA) is 113 Å². The summed E-state index contributed by atoms with van der Waals surface area (Å²) in [4.78, 5) is 8.90. The van der Waals surface area contributed by atoms with E-state index in [2.05, 4.69) is 30.9 Å². The number of halogens is 2. The highest BCUT2D eigenvalue weighted by Crippen LogP contribution is 2.20. The number of aliphatic hydroxyl groups is 1. The number of hydrogen-bond donors (Lipinski definition) is 3. The summed E-state index contributed by atoms with van der Waals surface area (Å²) in [6, 6.07) is 7.26. The van der Waals surface area contributed by atoms with Crippen LogP contribution in [0.5, 0.6) is 0 Å². The van der Waals surface area contributed by atoms with E-state index in [1.165, 1.54) is 0 Å². The first-order valence-corrected chi connectivity index (χ1v) is 10.1. The van der Waals surface area contributed by atoms with E-state index in [1.807, 2.05) is 26.1 Å². The molecule has 11 heteroatoms. The first-order chi connectivity index (χ1) is 14.4. The normalized spacial score (nSPS) is 13.4. The number of aromatic nitrogens is 4. The average Bonchev–Trinajstić information content (AvgIpc) is 3.36. The van der Waals surface area contributed by atoms with Gasteiger partial charge < -0.3 is 20.3 Å². The molecule has 0 saturated heterocycles. The standard InChI is InChI=1S/C20H26ClN7O2.HI/c1-4-22-19(24-13-20(2,29)15-11-25-28(3)12-15)23-10-9-17-26-18(27-30-17)14-5-7-16(21)8-6-14;/h5-8,11-12,29H,4,9-10,13H2,1-3H3,(H2,22,23,24);1H. The number of guanidine groups is 1. The Hall–Kier alpha value is -2.18. The second-order valence-corrected chi connectivity index (χ2v) is 7.50. The van der Waals surface area contributed by atoms with Crippen LogP contribution >= 0.6 is 35.6 Å². The molecule has 3 aromatic rings. The summed E-state index contributed by atoms with van der Waals surface area (Å²) < 4.78 is 6.97. The van der Waals surface area contributed by atoms with Gasteiger partial charge in [0.25, 0.3) is 0 Å². The summed E-state index contributed by atoms with van der Waals surface area (Å²) in [6.07, 6.45) is 3.96. The summed E-state index contributed by atoms with van der Waals surface area (Å²) in [6.45, 7) is 5.13. The van der Waals surface area contributed by atoms with Crippen LogP contribution in [-0.4, -0.2) is 50.6 Å². The highest BCUT2D eigenvalue weighted by Gasteiger charge is 2.24. The minimum Gasteiger partial charge on any atom is -0.383 e. The van der Waals surface area contributed by atoms with Gasteiger partial charge in [0.2, 0.25) is 11.7 Å². The lowest BCUT2D eigenvalue weighted by Crippen LogP contribution is -2.39. The molecule has 0 aliphatic rings. The summed E-state index contributed by atoms with van der Waals surface area (Å²) in [5, 5.41) is 25.8. The van der Waals surface area contributed by atoms with Gasteiger partial charge in [-0.3, -0.25) is 4.68 Å². The zero-order valence-corrected chi connectivity index (χ0v) is 20.8. The Morgan fingerprint density at radius 2 is 2.03 bits per heavy atom. The molecule has 2 heterocycles. The number of aliphatic imine (C=N–C) groups is 1. The number of nitrogens with zero attached hydrogens (tertiary/aromatic N) is 5.